The summed E-state index contributed by atoms with van der Waals surface area (Å²) in [5.74, 6) is -1.14. The second kappa shape index (κ2) is 15.3. The molecule has 3 atom stereocenters. The van der Waals surface area contributed by atoms with Crippen LogP contribution in [0, 0.1) is 12.7 Å². The highest BCUT2D eigenvalue weighted by Gasteiger charge is 2.50. The van der Waals surface area contributed by atoms with Crippen LogP contribution in [-0.2, 0) is 32.4 Å². The molecular weight excluding hydrogens is 782 g/mol. The summed E-state index contributed by atoms with van der Waals surface area (Å²) in [6.45, 7) is 13.1. The second-order valence-electron chi connectivity index (χ2n) is 16.4. The summed E-state index contributed by atoms with van der Waals surface area (Å²) in [5.41, 5.74) is -4.15. The van der Waals surface area contributed by atoms with Gasteiger partial charge in [-0.05, 0) is 94.1 Å². The lowest BCUT2D eigenvalue weighted by atomic mass is 9.81. The van der Waals surface area contributed by atoms with Crippen LogP contribution < -0.4 is 9.80 Å². The molecular formula is C39H48F7N4O4SSi+. The molecule has 17 heteroatoms. The van der Waals surface area contributed by atoms with Gasteiger partial charge in [-0.3, -0.25) is 9.69 Å². The van der Waals surface area contributed by atoms with Crippen LogP contribution in [0.15, 0.2) is 48.7 Å². The van der Waals surface area contributed by atoms with E-state index in [1.165, 1.54) is 45.3 Å². The van der Waals surface area contributed by atoms with E-state index in [0.29, 0.717) is 47.6 Å². The molecule has 0 spiro atoms. The average Bonchev–Trinajstić information content (AvgIpc) is 3.09. The molecule has 0 radical (unpaired) electrons. The number of hydrogen-bond acceptors (Lipinski definition) is 7. The first-order chi connectivity index (χ1) is 25.7. The minimum atomic E-state index is -5.13. The van der Waals surface area contributed by atoms with Crippen LogP contribution in [0.1, 0.15) is 56.4 Å². The van der Waals surface area contributed by atoms with E-state index in [9.17, 15) is 49.1 Å². The third-order valence-corrected chi connectivity index (χ3v) is 16.3. The predicted molar refractivity (Wildman–Crippen MR) is 205 cm³/mol. The maximum Gasteiger partial charge on any atom is 0.416 e. The van der Waals surface area contributed by atoms with Crippen LogP contribution in [-0.4, -0.2) is 94.5 Å². The number of rotatable bonds is 9. The smallest absolute Gasteiger partial charge is 0.394 e. The summed E-state index contributed by atoms with van der Waals surface area (Å²) >= 11 is 0. The third-order valence-electron chi connectivity index (χ3n) is 11.7. The van der Waals surface area contributed by atoms with Crippen LogP contribution in [0.25, 0.3) is 11.1 Å². The number of benzene rings is 2. The number of aryl methyl sites for hydroxylation is 1. The number of pyridine rings is 1. The zero-order valence-corrected chi connectivity index (χ0v) is 34.4. The number of likely N-dealkylation sites (N-methyl/N-ethyl adjacent to an activating group) is 1. The number of aliphatic hydroxyl groups excluding tert-OH is 1. The number of alkyl halides is 6. The first kappa shape index (κ1) is 43.6. The maximum absolute atomic E-state index is 14.4. The zero-order valence-electron chi connectivity index (χ0n) is 32.6. The number of piperazine rings is 1. The van der Waals surface area contributed by atoms with Gasteiger partial charge in [-0.15, -0.1) is 0 Å². The minimum Gasteiger partial charge on any atom is -0.394 e. The van der Waals surface area contributed by atoms with Crippen molar-refractivity contribution in [3.8, 4) is 11.1 Å². The second-order valence-corrected chi connectivity index (χ2v) is 21.9. The van der Waals surface area contributed by atoms with Gasteiger partial charge in [-0.2, -0.15) is 26.3 Å². The molecule has 0 saturated carbocycles. The van der Waals surface area contributed by atoms with Gasteiger partial charge in [-0.25, -0.2) is 17.8 Å². The van der Waals surface area contributed by atoms with E-state index in [1.54, 1.807) is 13.0 Å². The lowest BCUT2D eigenvalue weighted by Gasteiger charge is -2.54. The number of carbonyl (C=O) groups excluding carboxylic acids is 1. The number of halogens is 7. The van der Waals surface area contributed by atoms with Gasteiger partial charge in [0, 0.05) is 37.8 Å². The van der Waals surface area contributed by atoms with Crippen LogP contribution in [0.3, 0.4) is 0 Å². The summed E-state index contributed by atoms with van der Waals surface area (Å²) in [6.07, 6.45) is -8.23. The Balaban J connectivity index is 1.64. The number of fused-ring (bicyclic) bond motifs is 1. The van der Waals surface area contributed by atoms with Crippen LogP contribution in [0.5, 0.6) is 0 Å². The fourth-order valence-corrected chi connectivity index (χ4v) is 9.88. The summed E-state index contributed by atoms with van der Waals surface area (Å²) < 4.78 is 123. The molecule has 2 saturated heterocycles. The Labute approximate surface area is 325 Å². The van der Waals surface area contributed by atoms with Crippen molar-refractivity contribution in [1.82, 2.24) is 9.88 Å². The molecule has 8 nitrogen and oxygen atoms in total. The molecule has 1 N–H and O–H groups in total. The molecule has 2 unspecified atom stereocenters. The summed E-state index contributed by atoms with van der Waals surface area (Å²) in [4.78, 5) is 24.2. The first-order valence-electron chi connectivity index (χ1n) is 18.2. The highest BCUT2D eigenvalue weighted by atomic mass is 32.2. The van der Waals surface area contributed by atoms with Crippen molar-refractivity contribution in [2.45, 2.75) is 95.1 Å². The standard InChI is InChI=1S/C39H48F7N4O4SSi/c1-23-13-27(40)9-10-29(23)30-17-34(50-20-28-22-55(53,54)12-11-49(28)31(33(50)21-51)18-36(2,3)56(7)8)47-19-32(30)48(6)35(52)37(4,5)24-14-25(38(41,42)43)16-26(15-24)39(44,45)46/h9-10,13-17,19,28,31,33,51H,11-12,18,20-22H2,1-8H3/q+1/t28?,31?,33-/m0/s1. The van der Waals surface area contributed by atoms with Crippen molar-refractivity contribution in [1.29, 1.82) is 0 Å². The van der Waals surface area contributed by atoms with Crippen molar-refractivity contribution < 1.29 is 49.1 Å². The van der Waals surface area contributed by atoms with Gasteiger partial charge in [0.1, 0.15) is 11.6 Å². The quantitative estimate of drug-likeness (QED) is 0.174. The minimum absolute atomic E-state index is 0.00379. The molecule has 2 fully saturated rings. The Morgan fingerprint density at radius 2 is 1.52 bits per heavy atom. The Morgan fingerprint density at radius 1 is 0.929 bits per heavy atom. The molecule has 2 aliphatic rings. The van der Waals surface area contributed by atoms with E-state index in [2.05, 4.69) is 31.8 Å². The van der Waals surface area contributed by atoms with Crippen LogP contribution in [0.4, 0.5) is 42.2 Å². The van der Waals surface area contributed by atoms with E-state index in [1.807, 2.05) is 4.90 Å². The molecule has 3 heterocycles. The molecule has 5 rings (SSSR count). The normalized spacial score (nSPS) is 20.8. The van der Waals surface area contributed by atoms with E-state index in [0.717, 1.165) is 4.90 Å². The monoisotopic (exact) mass is 829 g/mol. The Kier molecular flexibility index (Phi) is 11.9. The van der Waals surface area contributed by atoms with Gasteiger partial charge in [0.25, 0.3) is 0 Å². The molecule has 3 aromatic rings. The lowest BCUT2D eigenvalue weighted by Crippen LogP contribution is -2.69. The van der Waals surface area contributed by atoms with Crippen molar-refractivity contribution in [3.63, 3.8) is 0 Å². The maximum atomic E-state index is 14.4. The SMILES string of the molecule is Cc1cc(F)ccc1-c1cc(N2CC3CS(=O)(=O)CCN3C(CC(C)(C)[Si+](C)C)[C@@H]2CO)ncc1N(C)C(=O)C(C)(C)c1cc(C(F)(F)F)cc(C(F)(F)F)c1. The fourth-order valence-electron chi connectivity index (χ4n) is 7.72. The first-order valence-corrected chi connectivity index (χ1v) is 22.5. The van der Waals surface area contributed by atoms with Gasteiger partial charge in [0.2, 0.25) is 5.91 Å². The molecule has 56 heavy (non-hydrogen) atoms. The third kappa shape index (κ3) is 8.80. The van der Waals surface area contributed by atoms with Crippen molar-refractivity contribution in [3.05, 3.63) is 76.7 Å². The van der Waals surface area contributed by atoms with Gasteiger partial charge in [-0.1, -0.05) is 6.07 Å². The van der Waals surface area contributed by atoms with E-state index in [-0.39, 0.29) is 47.5 Å². The molecule has 2 aliphatic heterocycles. The number of sulfone groups is 1. The average molecular weight is 830 g/mol. The van der Waals surface area contributed by atoms with Crippen molar-refractivity contribution in [2.75, 3.05) is 48.0 Å². The fraction of sp³-hybridized carbons (Fsp3) is 0.538. The molecule has 2 aromatic carbocycles. The number of aromatic nitrogens is 1. The van der Waals surface area contributed by atoms with Gasteiger partial charge in [0.15, 0.2) is 9.84 Å². The molecule has 306 valence electrons. The van der Waals surface area contributed by atoms with Gasteiger partial charge in [0.05, 0.1) is 70.7 Å². The summed E-state index contributed by atoms with van der Waals surface area (Å²) in [5, 5.41) is 10.9. The van der Waals surface area contributed by atoms with Crippen LogP contribution >= 0.6 is 0 Å². The number of amides is 1. The van der Waals surface area contributed by atoms with Crippen molar-refractivity contribution >= 4 is 36.0 Å². The molecule has 1 aromatic heterocycles. The topological polar surface area (TPSA) is 94.1 Å². The lowest BCUT2D eigenvalue weighted by molar-refractivity contribution is -0.143. The van der Waals surface area contributed by atoms with E-state index >= 15 is 0 Å². The van der Waals surface area contributed by atoms with E-state index < -0.39 is 76.9 Å². The Bertz CT molecular complexity index is 2040. The van der Waals surface area contributed by atoms with Gasteiger partial charge < -0.3 is 14.9 Å². The Morgan fingerprint density at radius 3 is 2.05 bits per heavy atom. The summed E-state index contributed by atoms with van der Waals surface area (Å²) in [7, 11) is -2.88. The highest BCUT2D eigenvalue weighted by molar-refractivity contribution is 7.91. The number of nitrogens with zero attached hydrogens (tertiary/aromatic N) is 4. The highest BCUT2D eigenvalue weighted by Crippen LogP contribution is 2.44. The van der Waals surface area contributed by atoms with Gasteiger partial charge >= 0.3 is 21.1 Å². The number of aliphatic hydroxyl groups is 1. The van der Waals surface area contributed by atoms with E-state index in [4.69, 9.17) is 4.98 Å². The molecule has 0 bridgehead atoms. The zero-order chi connectivity index (χ0) is 41.9. The largest absolute Gasteiger partial charge is 0.416 e. The number of anilines is 2. The number of hydrogen-bond donors (Lipinski definition) is 1. The van der Waals surface area contributed by atoms with Crippen molar-refractivity contribution in [2.24, 2.45) is 0 Å². The predicted octanol–water partition coefficient (Wildman–Crippen LogP) is 7.75. The number of carbonyl (C=O) groups is 1. The Hall–Kier alpha value is -3.54. The molecule has 0 aliphatic carbocycles. The molecule has 1 amide bonds. The summed E-state index contributed by atoms with van der Waals surface area (Å²) in [6, 6.07) is 5.52. The van der Waals surface area contributed by atoms with Crippen LogP contribution in [0.2, 0.25) is 18.1 Å².